The Kier molecular flexibility index (Phi) is 4.91. The summed E-state index contributed by atoms with van der Waals surface area (Å²) in [6, 6.07) is 5.30. The number of thiophene rings is 1. The highest BCUT2D eigenvalue weighted by Gasteiger charge is 2.20. The summed E-state index contributed by atoms with van der Waals surface area (Å²) in [6.07, 6.45) is 11.3. The van der Waals surface area contributed by atoms with Crippen molar-refractivity contribution >= 4 is 11.3 Å². The highest BCUT2D eigenvalue weighted by Crippen LogP contribution is 2.24. The van der Waals surface area contributed by atoms with Gasteiger partial charge in [0.2, 0.25) is 0 Å². The number of rotatable bonds is 6. The molecule has 3 heteroatoms. The van der Waals surface area contributed by atoms with E-state index in [1.54, 1.807) is 0 Å². The zero-order chi connectivity index (χ0) is 12.9. The summed E-state index contributed by atoms with van der Waals surface area (Å²) < 4.78 is 6.09. The average molecular weight is 279 g/mol. The van der Waals surface area contributed by atoms with E-state index in [-0.39, 0.29) is 0 Å². The van der Waals surface area contributed by atoms with E-state index in [9.17, 15) is 0 Å². The van der Waals surface area contributed by atoms with Gasteiger partial charge in [0, 0.05) is 22.3 Å². The van der Waals surface area contributed by atoms with Gasteiger partial charge in [0.1, 0.15) is 0 Å². The summed E-state index contributed by atoms with van der Waals surface area (Å²) in [6.45, 7) is 1.86. The molecule has 19 heavy (non-hydrogen) atoms. The molecule has 2 aliphatic rings. The van der Waals surface area contributed by atoms with Crippen LogP contribution in [0, 0.1) is 0 Å². The first-order chi connectivity index (χ1) is 9.40. The molecule has 2 aliphatic carbocycles. The lowest BCUT2D eigenvalue weighted by molar-refractivity contribution is 0.0324. The molecule has 0 saturated heterocycles. The predicted octanol–water partition coefficient (Wildman–Crippen LogP) is 4.24. The van der Waals surface area contributed by atoms with Crippen LogP contribution in [0.15, 0.2) is 12.1 Å². The Balaban J connectivity index is 1.41. The zero-order valence-corrected chi connectivity index (χ0v) is 12.5. The van der Waals surface area contributed by atoms with Gasteiger partial charge in [-0.05, 0) is 37.8 Å². The first-order valence-electron chi connectivity index (χ1n) is 7.83. The molecule has 1 N–H and O–H groups in total. The lowest BCUT2D eigenvalue weighted by Gasteiger charge is -2.14. The summed E-state index contributed by atoms with van der Waals surface area (Å²) in [5.41, 5.74) is 0. The Hall–Kier alpha value is -0.380. The van der Waals surface area contributed by atoms with Crippen molar-refractivity contribution in [3.05, 3.63) is 21.9 Å². The fourth-order valence-electron chi connectivity index (χ4n) is 2.74. The number of nitrogens with one attached hydrogen (secondary N) is 1. The molecule has 1 aromatic rings. The predicted molar refractivity (Wildman–Crippen MR) is 80.5 cm³/mol. The van der Waals surface area contributed by atoms with Gasteiger partial charge in [-0.25, -0.2) is 0 Å². The van der Waals surface area contributed by atoms with Crippen LogP contribution in [0.3, 0.4) is 0 Å². The molecule has 0 spiro atoms. The third kappa shape index (κ3) is 4.59. The molecule has 106 valence electrons. The maximum atomic E-state index is 6.09. The van der Waals surface area contributed by atoms with Gasteiger partial charge in [-0.1, -0.05) is 25.7 Å². The minimum absolute atomic E-state index is 0.512. The van der Waals surface area contributed by atoms with E-state index >= 15 is 0 Å². The van der Waals surface area contributed by atoms with Crippen molar-refractivity contribution in [3.8, 4) is 0 Å². The number of hydrogen-bond donors (Lipinski definition) is 1. The number of ether oxygens (including phenoxy) is 1. The van der Waals surface area contributed by atoms with Crippen LogP contribution in [0.4, 0.5) is 0 Å². The second-order valence-corrected chi connectivity index (χ2v) is 7.20. The van der Waals surface area contributed by atoms with Crippen molar-refractivity contribution < 1.29 is 4.74 Å². The lowest BCUT2D eigenvalue weighted by Crippen LogP contribution is -2.14. The van der Waals surface area contributed by atoms with Crippen molar-refractivity contribution in [2.45, 2.75) is 76.7 Å². The molecule has 0 atom stereocenters. The Labute approximate surface area is 120 Å². The van der Waals surface area contributed by atoms with Gasteiger partial charge in [0.15, 0.2) is 0 Å². The molecule has 2 nitrogen and oxygen atoms in total. The summed E-state index contributed by atoms with van der Waals surface area (Å²) in [7, 11) is 0. The summed E-state index contributed by atoms with van der Waals surface area (Å²) in [5, 5.41) is 3.57. The molecule has 2 fully saturated rings. The summed E-state index contributed by atoms with van der Waals surface area (Å²) in [5.74, 6) is 0. The molecule has 1 aromatic heterocycles. The van der Waals surface area contributed by atoms with Gasteiger partial charge in [-0.2, -0.15) is 0 Å². The summed E-state index contributed by atoms with van der Waals surface area (Å²) in [4.78, 5) is 2.84. The van der Waals surface area contributed by atoms with Crippen LogP contribution in [0.25, 0.3) is 0 Å². The average Bonchev–Trinajstić information content (AvgIpc) is 3.20. The minimum atomic E-state index is 0.512. The second-order valence-electron chi connectivity index (χ2n) is 5.95. The molecular weight excluding hydrogens is 254 g/mol. The number of hydrogen-bond acceptors (Lipinski definition) is 3. The first kappa shape index (κ1) is 13.6. The van der Waals surface area contributed by atoms with Crippen LogP contribution in [0.2, 0.25) is 0 Å². The van der Waals surface area contributed by atoms with E-state index in [0.717, 1.165) is 19.2 Å². The highest BCUT2D eigenvalue weighted by atomic mass is 32.1. The van der Waals surface area contributed by atoms with Gasteiger partial charge in [0.25, 0.3) is 0 Å². The monoisotopic (exact) mass is 279 g/mol. The fourth-order valence-corrected chi connectivity index (χ4v) is 3.63. The SMILES string of the molecule is c1cc(COC2CCCCCC2)sc1CNC1CC1. The van der Waals surface area contributed by atoms with Gasteiger partial charge in [-0.15, -0.1) is 11.3 Å². The Morgan fingerprint density at radius 3 is 2.47 bits per heavy atom. The molecule has 2 saturated carbocycles. The van der Waals surface area contributed by atoms with Gasteiger partial charge >= 0.3 is 0 Å². The molecule has 0 amide bonds. The van der Waals surface area contributed by atoms with Crippen molar-refractivity contribution in [2.75, 3.05) is 0 Å². The highest BCUT2D eigenvalue weighted by molar-refractivity contribution is 7.11. The van der Waals surface area contributed by atoms with Crippen molar-refractivity contribution in [3.63, 3.8) is 0 Å². The van der Waals surface area contributed by atoms with Crippen molar-refractivity contribution in [1.29, 1.82) is 0 Å². The Morgan fingerprint density at radius 1 is 1.00 bits per heavy atom. The van der Waals surface area contributed by atoms with E-state index in [2.05, 4.69) is 17.4 Å². The third-order valence-electron chi connectivity index (χ3n) is 4.12. The normalized spacial score (nSPS) is 21.5. The molecule has 0 aromatic carbocycles. The van der Waals surface area contributed by atoms with Crippen molar-refractivity contribution in [2.24, 2.45) is 0 Å². The van der Waals surface area contributed by atoms with E-state index in [4.69, 9.17) is 4.74 Å². The van der Waals surface area contributed by atoms with Crippen LogP contribution in [0.5, 0.6) is 0 Å². The molecule has 3 rings (SSSR count). The van der Waals surface area contributed by atoms with Crippen LogP contribution in [-0.2, 0) is 17.9 Å². The molecular formula is C16H25NOS. The maximum Gasteiger partial charge on any atom is 0.0813 e. The van der Waals surface area contributed by atoms with Crippen LogP contribution >= 0.6 is 11.3 Å². The molecule has 0 aliphatic heterocycles. The quantitative estimate of drug-likeness (QED) is 0.786. The molecule has 0 bridgehead atoms. The Morgan fingerprint density at radius 2 is 1.74 bits per heavy atom. The standard InChI is InChI=1S/C16H25NOS/c1-2-4-6-14(5-3-1)18-12-16-10-9-15(19-16)11-17-13-7-8-13/h9-10,13-14,17H,1-8,11-12H2. The van der Waals surface area contributed by atoms with Gasteiger partial charge in [-0.3, -0.25) is 0 Å². The maximum absolute atomic E-state index is 6.09. The molecule has 0 unspecified atom stereocenters. The van der Waals surface area contributed by atoms with Crippen LogP contribution in [0.1, 0.15) is 61.1 Å². The van der Waals surface area contributed by atoms with Gasteiger partial charge in [0.05, 0.1) is 12.7 Å². The van der Waals surface area contributed by atoms with E-state index < -0.39 is 0 Å². The van der Waals surface area contributed by atoms with Crippen molar-refractivity contribution in [1.82, 2.24) is 5.32 Å². The van der Waals surface area contributed by atoms with E-state index in [1.165, 1.54) is 61.1 Å². The third-order valence-corrected chi connectivity index (χ3v) is 5.18. The lowest BCUT2D eigenvalue weighted by atomic mass is 10.1. The zero-order valence-electron chi connectivity index (χ0n) is 11.7. The Bertz CT molecular complexity index is 378. The van der Waals surface area contributed by atoms with Gasteiger partial charge < -0.3 is 10.1 Å². The fraction of sp³-hybridized carbons (Fsp3) is 0.750. The van der Waals surface area contributed by atoms with E-state index in [1.807, 2.05) is 11.3 Å². The largest absolute Gasteiger partial charge is 0.373 e. The second kappa shape index (κ2) is 6.87. The molecule has 0 radical (unpaired) electrons. The van der Waals surface area contributed by atoms with Crippen LogP contribution in [-0.4, -0.2) is 12.1 Å². The first-order valence-corrected chi connectivity index (χ1v) is 8.64. The van der Waals surface area contributed by atoms with E-state index in [0.29, 0.717) is 6.10 Å². The molecule has 1 heterocycles. The summed E-state index contributed by atoms with van der Waals surface area (Å²) >= 11 is 1.91. The minimum Gasteiger partial charge on any atom is -0.373 e. The topological polar surface area (TPSA) is 21.3 Å². The van der Waals surface area contributed by atoms with Crippen LogP contribution < -0.4 is 5.32 Å². The smallest absolute Gasteiger partial charge is 0.0813 e.